The van der Waals surface area contributed by atoms with Gasteiger partial charge in [0.05, 0.1) is 19.5 Å². The molecule has 2 rings (SSSR count). The third kappa shape index (κ3) is 5.01. The van der Waals surface area contributed by atoms with E-state index in [1.165, 1.54) is 13.2 Å². The zero-order valence-corrected chi connectivity index (χ0v) is 16.0. The molecule has 0 aromatic heterocycles. The maximum Gasteiger partial charge on any atom is 0.192 e. The van der Waals surface area contributed by atoms with Crippen molar-refractivity contribution in [1.82, 2.24) is 0 Å². The molecule has 7 heteroatoms. The molecular weight excluding hydrogens is 374 g/mol. The van der Waals surface area contributed by atoms with Crippen LogP contribution in [-0.4, -0.2) is 22.1 Å². The fourth-order valence-electron chi connectivity index (χ4n) is 2.27. The Kier molecular flexibility index (Phi) is 6.67. The van der Waals surface area contributed by atoms with Crippen LogP contribution in [0.1, 0.15) is 18.1 Å². The molecule has 5 nitrogen and oxygen atoms in total. The molecule has 0 radical (unpaired) electrons. The molecule has 2 aromatic rings. The van der Waals surface area contributed by atoms with Crippen LogP contribution in [0.15, 0.2) is 47.4 Å². The first-order valence-corrected chi connectivity index (χ1v) is 9.82. The topological polar surface area (TPSA) is 76.4 Å². The van der Waals surface area contributed by atoms with Crippen molar-refractivity contribution in [2.45, 2.75) is 12.7 Å². The van der Waals surface area contributed by atoms with E-state index in [-0.39, 0.29) is 10.7 Å². The van der Waals surface area contributed by atoms with E-state index in [9.17, 15) is 13.7 Å². The summed E-state index contributed by atoms with van der Waals surface area (Å²) >= 11 is 5.81. The number of rotatable bonds is 7. The second kappa shape index (κ2) is 8.75. The summed E-state index contributed by atoms with van der Waals surface area (Å²) in [7, 11) is -2.30. The normalized spacial score (nSPS) is 11.7. The van der Waals surface area contributed by atoms with Crippen molar-refractivity contribution in [3.8, 4) is 17.6 Å². The summed E-state index contributed by atoms with van der Waals surface area (Å²) < 4.78 is 35.8. The first-order chi connectivity index (χ1) is 12.4. The number of nitrogens with zero attached hydrogens (tertiary/aromatic N) is 1. The molecule has 136 valence electrons. The Hall–Kier alpha value is -2.49. The first-order valence-electron chi connectivity index (χ1n) is 7.79. The van der Waals surface area contributed by atoms with Crippen molar-refractivity contribution in [2.75, 3.05) is 13.7 Å². The quantitative estimate of drug-likeness (QED) is 0.660. The average molecular weight is 392 g/mol. The molecule has 0 bridgehead atoms. The Labute approximate surface area is 158 Å². The standard InChI is InChI=1S/C19H18ClNO4S/c1-3-25-18-9-6-15(11-19(18)24-2)10-17(12-21)26(22,23)13-14-4-7-16(20)8-5-14/h4-11H,3,13H2,1-2H3. The summed E-state index contributed by atoms with van der Waals surface area (Å²) in [5.74, 6) is 0.736. The van der Waals surface area contributed by atoms with Crippen LogP contribution in [0.5, 0.6) is 11.5 Å². The second-order valence-corrected chi connectivity index (χ2v) is 7.74. The van der Waals surface area contributed by atoms with Gasteiger partial charge in [0.25, 0.3) is 0 Å². The molecular formula is C19H18ClNO4S. The molecule has 0 saturated heterocycles. The van der Waals surface area contributed by atoms with E-state index >= 15 is 0 Å². The number of sulfone groups is 1. The number of hydrogen-bond donors (Lipinski definition) is 0. The predicted molar refractivity (Wildman–Crippen MR) is 102 cm³/mol. The number of benzene rings is 2. The number of methoxy groups -OCH3 is 1. The summed E-state index contributed by atoms with van der Waals surface area (Å²) in [4.78, 5) is -0.321. The van der Waals surface area contributed by atoms with Gasteiger partial charge in [-0.05, 0) is 48.4 Å². The van der Waals surface area contributed by atoms with Crippen LogP contribution in [0.3, 0.4) is 0 Å². The number of ether oxygens (including phenoxy) is 2. The van der Waals surface area contributed by atoms with Crippen LogP contribution in [0.25, 0.3) is 6.08 Å². The highest BCUT2D eigenvalue weighted by atomic mass is 35.5. The Bertz CT molecular complexity index is 944. The second-order valence-electron chi connectivity index (χ2n) is 5.35. The van der Waals surface area contributed by atoms with E-state index < -0.39 is 9.84 Å². The van der Waals surface area contributed by atoms with Gasteiger partial charge in [0.2, 0.25) is 0 Å². The van der Waals surface area contributed by atoms with Gasteiger partial charge < -0.3 is 9.47 Å². The van der Waals surface area contributed by atoms with Gasteiger partial charge in [-0.1, -0.05) is 29.8 Å². The van der Waals surface area contributed by atoms with Gasteiger partial charge in [0.15, 0.2) is 21.3 Å². The van der Waals surface area contributed by atoms with Crippen LogP contribution >= 0.6 is 11.6 Å². The summed E-state index contributed by atoms with van der Waals surface area (Å²) in [6.07, 6.45) is 1.32. The van der Waals surface area contributed by atoms with Crippen molar-refractivity contribution >= 4 is 27.5 Å². The van der Waals surface area contributed by atoms with E-state index in [1.54, 1.807) is 48.5 Å². The van der Waals surface area contributed by atoms with Crippen LogP contribution in [0, 0.1) is 11.3 Å². The maximum absolute atomic E-state index is 12.6. The molecule has 0 fully saturated rings. The summed E-state index contributed by atoms with van der Waals surface area (Å²) in [6, 6.07) is 13.2. The Morgan fingerprint density at radius 3 is 2.46 bits per heavy atom. The fraction of sp³-hybridized carbons (Fsp3) is 0.211. The molecule has 0 saturated carbocycles. The van der Waals surface area contributed by atoms with Gasteiger partial charge in [-0.15, -0.1) is 0 Å². The molecule has 0 aliphatic heterocycles. The van der Waals surface area contributed by atoms with E-state index in [0.717, 1.165) is 0 Å². The van der Waals surface area contributed by atoms with Crippen molar-refractivity contribution in [3.63, 3.8) is 0 Å². The zero-order chi connectivity index (χ0) is 19.2. The highest BCUT2D eigenvalue weighted by Crippen LogP contribution is 2.29. The maximum atomic E-state index is 12.6. The van der Waals surface area contributed by atoms with Gasteiger partial charge in [-0.3, -0.25) is 0 Å². The van der Waals surface area contributed by atoms with Crippen molar-refractivity contribution in [3.05, 3.63) is 63.5 Å². The third-order valence-electron chi connectivity index (χ3n) is 3.50. The van der Waals surface area contributed by atoms with Gasteiger partial charge in [0, 0.05) is 5.02 Å². The number of halogens is 1. The minimum atomic E-state index is -3.79. The molecule has 0 aliphatic carbocycles. The first kappa shape index (κ1) is 19.8. The molecule has 0 N–H and O–H groups in total. The number of allylic oxidation sites excluding steroid dienone is 1. The fourth-order valence-corrected chi connectivity index (χ4v) is 3.64. The molecule has 0 amide bonds. The average Bonchev–Trinajstić information content (AvgIpc) is 2.62. The van der Waals surface area contributed by atoms with Crippen molar-refractivity contribution in [2.24, 2.45) is 0 Å². The largest absolute Gasteiger partial charge is 0.493 e. The van der Waals surface area contributed by atoms with Crippen molar-refractivity contribution < 1.29 is 17.9 Å². The summed E-state index contributed by atoms with van der Waals surface area (Å²) in [6.45, 7) is 2.33. The van der Waals surface area contributed by atoms with E-state index in [0.29, 0.717) is 34.3 Å². The van der Waals surface area contributed by atoms with Gasteiger partial charge in [-0.25, -0.2) is 8.42 Å². The lowest BCUT2D eigenvalue weighted by Gasteiger charge is -2.10. The SMILES string of the molecule is CCOc1ccc(C=C(C#N)S(=O)(=O)Cc2ccc(Cl)cc2)cc1OC. The van der Waals surface area contributed by atoms with E-state index in [4.69, 9.17) is 21.1 Å². The lowest BCUT2D eigenvalue weighted by Crippen LogP contribution is -2.06. The summed E-state index contributed by atoms with van der Waals surface area (Å²) in [5, 5.41) is 9.85. The Morgan fingerprint density at radius 1 is 1.19 bits per heavy atom. The van der Waals surface area contributed by atoms with Crippen LogP contribution < -0.4 is 9.47 Å². The van der Waals surface area contributed by atoms with Gasteiger partial charge >= 0.3 is 0 Å². The molecule has 0 atom stereocenters. The van der Waals surface area contributed by atoms with E-state index in [2.05, 4.69) is 0 Å². The minimum Gasteiger partial charge on any atom is -0.493 e. The lowest BCUT2D eigenvalue weighted by molar-refractivity contribution is 0.311. The zero-order valence-electron chi connectivity index (χ0n) is 14.4. The molecule has 26 heavy (non-hydrogen) atoms. The molecule has 0 heterocycles. The van der Waals surface area contributed by atoms with E-state index in [1.807, 2.05) is 6.92 Å². The lowest BCUT2D eigenvalue weighted by atomic mass is 10.2. The molecule has 0 unspecified atom stereocenters. The van der Waals surface area contributed by atoms with Gasteiger partial charge in [0.1, 0.15) is 11.0 Å². The minimum absolute atomic E-state index is 0.280. The monoisotopic (exact) mass is 391 g/mol. The van der Waals surface area contributed by atoms with Crippen LogP contribution in [0.2, 0.25) is 5.02 Å². The predicted octanol–water partition coefficient (Wildman–Crippen LogP) is 4.23. The summed E-state index contributed by atoms with van der Waals surface area (Å²) in [5.41, 5.74) is 1.08. The van der Waals surface area contributed by atoms with Crippen molar-refractivity contribution in [1.29, 1.82) is 5.26 Å². The number of nitriles is 1. The van der Waals surface area contributed by atoms with Gasteiger partial charge in [-0.2, -0.15) is 5.26 Å². The third-order valence-corrected chi connectivity index (χ3v) is 5.35. The highest BCUT2D eigenvalue weighted by Gasteiger charge is 2.19. The smallest absolute Gasteiger partial charge is 0.192 e. The Balaban J connectivity index is 2.34. The molecule has 2 aromatic carbocycles. The van der Waals surface area contributed by atoms with Crippen LogP contribution in [-0.2, 0) is 15.6 Å². The Morgan fingerprint density at radius 2 is 1.88 bits per heavy atom. The number of hydrogen-bond acceptors (Lipinski definition) is 5. The molecule has 0 spiro atoms. The molecule has 0 aliphatic rings. The highest BCUT2D eigenvalue weighted by molar-refractivity contribution is 7.95. The van der Waals surface area contributed by atoms with Crippen LogP contribution in [0.4, 0.5) is 0 Å².